The minimum Gasteiger partial charge on any atom is -0.481 e. The first kappa shape index (κ1) is 25.0. The molecule has 15 nitrogen and oxygen atoms in total. The fourth-order valence-electron chi connectivity index (χ4n) is 2.30. The summed E-state index contributed by atoms with van der Waals surface area (Å²) in [6.45, 7) is -0.710. The maximum atomic E-state index is 12.4. The molecule has 15 heteroatoms. The molecule has 0 saturated carbocycles. The van der Waals surface area contributed by atoms with Crippen molar-refractivity contribution in [2.24, 2.45) is 5.73 Å². The summed E-state index contributed by atoms with van der Waals surface area (Å²) in [7, 11) is 0. The van der Waals surface area contributed by atoms with Gasteiger partial charge in [0, 0.05) is 18.3 Å². The molecule has 0 aliphatic heterocycles. The normalized spacial score (nSPS) is 13.3. The van der Waals surface area contributed by atoms with E-state index in [1.807, 2.05) is 5.32 Å². The van der Waals surface area contributed by atoms with Crippen LogP contribution in [-0.4, -0.2) is 85.6 Å². The average Bonchev–Trinajstić information content (AvgIpc) is 3.17. The zero-order valence-corrected chi connectivity index (χ0v) is 16.0. The lowest BCUT2D eigenvalue weighted by Crippen LogP contribution is -2.54. The van der Waals surface area contributed by atoms with E-state index in [0.29, 0.717) is 5.69 Å². The van der Waals surface area contributed by atoms with Gasteiger partial charge in [-0.3, -0.25) is 24.0 Å². The lowest BCUT2D eigenvalue weighted by Gasteiger charge is -2.20. The van der Waals surface area contributed by atoms with Crippen molar-refractivity contribution in [3.8, 4) is 0 Å². The minimum atomic E-state index is -1.70. The number of aliphatic carboxylic acids is 3. The Labute approximate surface area is 174 Å². The summed E-state index contributed by atoms with van der Waals surface area (Å²) in [4.78, 5) is 75.2. The molecule has 1 heterocycles. The van der Waals surface area contributed by atoms with Crippen LogP contribution in [0.25, 0.3) is 0 Å². The number of nitrogens with zero attached hydrogens (tertiary/aromatic N) is 1. The number of nitrogens with two attached hydrogens (primary N) is 1. The van der Waals surface area contributed by atoms with E-state index in [9.17, 15) is 28.8 Å². The maximum absolute atomic E-state index is 12.4. The number of rotatable bonds is 13. The first-order valence-corrected chi connectivity index (χ1v) is 8.76. The number of hydrogen-bond donors (Lipinski definition) is 8. The number of carboxylic acid groups (broad SMARTS) is 3. The summed E-state index contributed by atoms with van der Waals surface area (Å²) in [6, 6.07) is -4.39. The van der Waals surface area contributed by atoms with Crippen LogP contribution in [0.5, 0.6) is 0 Å². The second-order valence-corrected chi connectivity index (χ2v) is 6.32. The Balaban J connectivity index is 2.74. The van der Waals surface area contributed by atoms with Gasteiger partial charge in [0.05, 0.1) is 31.8 Å². The van der Waals surface area contributed by atoms with Gasteiger partial charge in [-0.15, -0.1) is 0 Å². The number of aromatic amines is 1. The van der Waals surface area contributed by atoms with E-state index in [1.54, 1.807) is 0 Å². The molecule has 170 valence electrons. The lowest BCUT2D eigenvalue weighted by atomic mass is 10.1. The van der Waals surface area contributed by atoms with Crippen molar-refractivity contribution in [1.82, 2.24) is 25.9 Å². The summed E-state index contributed by atoms with van der Waals surface area (Å²) in [5.74, 6) is -7.08. The van der Waals surface area contributed by atoms with Crippen LogP contribution in [0.1, 0.15) is 18.5 Å². The molecule has 3 unspecified atom stereocenters. The molecular weight excluding hydrogens is 420 g/mol. The summed E-state index contributed by atoms with van der Waals surface area (Å²) < 4.78 is 0. The van der Waals surface area contributed by atoms with E-state index in [-0.39, 0.29) is 6.42 Å². The molecule has 0 aliphatic carbocycles. The van der Waals surface area contributed by atoms with Gasteiger partial charge in [-0.1, -0.05) is 0 Å². The Morgan fingerprint density at radius 2 is 1.61 bits per heavy atom. The molecule has 1 aromatic heterocycles. The van der Waals surface area contributed by atoms with Crippen LogP contribution in [-0.2, 0) is 35.2 Å². The van der Waals surface area contributed by atoms with Crippen LogP contribution in [0.3, 0.4) is 0 Å². The third kappa shape index (κ3) is 9.35. The van der Waals surface area contributed by atoms with Crippen LogP contribution in [0.2, 0.25) is 0 Å². The first-order valence-electron chi connectivity index (χ1n) is 8.76. The van der Waals surface area contributed by atoms with Crippen LogP contribution >= 0.6 is 0 Å². The first-order chi connectivity index (χ1) is 14.5. The molecular formula is C16H22N6O9. The topological polar surface area (TPSA) is 254 Å². The molecule has 9 N–H and O–H groups in total. The molecule has 1 rings (SSSR count). The monoisotopic (exact) mass is 442 g/mol. The predicted molar refractivity (Wildman–Crippen MR) is 99.3 cm³/mol. The lowest BCUT2D eigenvalue weighted by molar-refractivity contribution is -0.147. The molecule has 3 amide bonds. The number of nitrogens with one attached hydrogen (secondary N) is 4. The van der Waals surface area contributed by atoms with Gasteiger partial charge in [0.25, 0.3) is 0 Å². The van der Waals surface area contributed by atoms with E-state index in [2.05, 4.69) is 20.6 Å². The highest BCUT2D eigenvalue weighted by atomic mass is 16.4. The predicted octanol–water partition coefficient (Wildman–Crippen LogP) is -3.60. The Morgan fingerprint density at radius 1 is 0.968 bits per heavy atom. The third-order valence-corrected chi connectivity index (χ3v) is 3.78. The standard InChI is InChI=1S/C16H22N6O9/c17-8(2-12(24)25)14(28)22-9(1-7-4-18-6-20-7)15(29)19-5-11(23)21-10(16(30)31)3-13(26)27/h4,6,8-10H,1-3,5,17H2,(H,18,20)(H,19,29)(H,21,23)(H,22,28)(H,24,25)(H,26,27)(H,30,31). The van der Waals surface area contributed by atoms with Gasteiger partial charge in [-0.25, -0.2) is 9.78 Å². The molecule has 0 aromatic carbocycles. The van der Waals surface area contributed by atoms with Crippen molar-refractivity contribution < 1.29 is 44.1 Å². The highest BCUT2D eigenvalue weighted by Crippen LogP contribution is 2.01. The summed E-state index contributed by atoms with van der Waals surface area (Å²) in [6.07, 6.45) is 1.06. The highest BCUT2D eigenvalue weighted by Gasteiger charge is 2.27. The average molecular weight is 442 g/mol. The van der Waals surface area contributed by atoms with E-state index >= 15 is 0 Å². The largest absolute Gasteiger partial charge is 0.481 e. The molecule has 0 radical (unpaired) electrons. The molecule has 3 atom stereocenters. The van der Waals surface area contributed by atoms with Crippen molar-refractivity contribution in [3.63, 3.8) is 0 Å². The summed E-state index contributed by atoms with van der Waals surface area (Å²) in [5, 5.41) is 32.7. The molecule has 1 aromatic rings. The SMILES string of the molecule is NC(CC(=O)O)C(=O)NC(Cc1cnc[nH]1)C(=O)NCC(=O)NC(CC(=O)O)C(=O)O. The number of amides is 3. The van der Waals surface area contributed by atoms with E-state index in [1.165, 1.54) is 12.5 Å². The van der Waals surface area contributed by atoms with Crippen molar-refractivity contribution in [2.75, 3.05) is 6.54 Å². The fourth-order valence-corrected chi connectivity index (χ4v) is 2.30. The number of imidazole rings is 1. The fraction of sp³-hybridized carbons (Fsp3) is 0.438. The van der Waals surface area contributed by atoms with Crippen LogP contribution in [0, 0.1) is 0 Å². The molecule has 0 saturated heterocycles. The van der Waals surface area contributed by atoms with Gasteiger partial charge in [0.2, 0.25) is 17.7 Å². The molecule has 0 fully saturated rings. The minimum absolute atomic E-state index is 0.101. The zero-order valence-electron chi connectivity index (χ0n) is 16.0. The second kappa shape index (κ2) is 11.9. The molecule has 0 aliphatic rings. The maximum Gasteiger partial charge on any atom is 0.326 e. The highest BCUT2D eigenvalue weighted by molar-refractivity contribution is 5.94. The van der Waals surface area contributed by atoms with Gasteiger partial charge in [0.1, 0.15) is 12.1 Å². The van der Waals surface area contributed by atoms with Crippen LogP contribution in [0.4, 0.5) is 0 Å². The Kier molecular flexibility index (Phi) is 9.58. The number of carboxylic acids is 3. The Morgan fingerprint density at radius 3 is 2.13 bits per heavy atom. The third-order valence-electron chi connectivity index (χ3n) is 3.78. The van der Waals surface area contributed by atoms with Gasteiger partial charge in [0.15, 0.2) is 0 Å². The van der Waals surface area contributed by atoms with Gasteiger partial charge in [-0.05, 0) is 0 Å². The molecule has 0 spiro atoms. The van der Waals surface area contributed by atoms with Crippen LogP contribution in [0.15, 0.2) is 12.5 Å². The second-order valence-electron chi connectivity index (χ2n) is 6.32. The van der Waals surface area contributed by atoms with Crippen molar-refractivity contribution in [2.45, 2.75) is 37.4 Å². The van der Waals surface area contributed by atoms with E-state index in [4.69, 9.17) is 21.1 Å². The quantitative estimate of drug-likeness (QED) is 0.148. The van der Waals surface area contributed by atoms with E-state index < -0.39 is 73.1 Å². The molecule has 31 heavy (non-hydrogen) atoms. The number of carbonyl (C=O) groups excluding carboxylic acids is 3. The number of aromatic nitrogens is 2. The number of hydrogen-bond acceptors (Lipinski definition) is 8. The number of H-pyrrole nitrogens is 1. The van der Waals surface area contributed by atoms with Gasteiger partial charge in [-0.2, -0.15) is 0 Å². The van der Waals surface area contributed by atoms with Crippen molar-refractivity contribution in [3.05, 3.63) is 18.2 Å². The van der Waals surface area contributed by atoms with Crippen molar-refractivity contribution >= 4 is 35.6 Å². The molecule has 0 bridgehead atoms. The summed E-state index contributed by atoms with van der Waals surface area (Å²) >= 11 is 0. The Hall–Kier alpha value is -4.01. The number of carbonyl (C=O) groups is 6. The Bertz CT molecular complexity index is 826. The van der Waals surface area contributed by atoms with Gasteiger partial charge >= 0.3 is 17.9 Å². The zero-order chi connectivity index (χ0) is 23.6. The smallest absolute Gasteiger partial charge is 0.326 e. The summed E-state index contributed by atoms with van der Waals surface area (Å²) in [5.41, 5.74) is 5.91. The van der Waals surface area contributed by atoms with Crippen molar-refractivity contribution in [1.29, 1.82) is 0 Å². The van der Waals surface area contributed by atoms with E-state index in [0.717, 1.165) is 0 Å². The van der Waals surface area contributed by atoms with Gasteiger partial charge < -0.3 is 42.0 Å². The van der Waals surface area contributed by atoms with Crippen LogP contribution < -0.4 is 21.7 Å².